The molecule has 7 nitrogen and oxygen atoms in total. The Morgan fingerprint density at radius 1 is 1.19 bits per heavy atom. The number of rotatable bonds is 5. The lowest BCUT2D eigenvalue weighted by molar-refractivity contribution is -0.125. The average molecular weight is 354 g/mol. The normalized spacial score (nSPS) is 14.7. The van der Waals surface area contributed by atoms with Crippen molar-refractivity contribution in [3.63, 3.8) is 0 Å². The van der Waals surface area contributed by atoms with Crippen molar-refractivity contribution in [2.24, 2.45) is 5.92 Å². The third-order valence-corrected chi connectivity index (χ3v) is 4.58. The van der Waals surface area contributed by atoms with Gasteiger partial charge in [0, 0.05) is 37.9 Å². The Morgan fingerprint density at radius 2 is 1.92 bits per heavy atom. The number of hydrogen-bond acceptors (Lipinski definition) is 6. The predicted molar refractivity (Wildman–Crippen MR) is 96.6 cm³/mol. The molecule has 2 aromatic rings. The van der Waals surface area contributed by atoms with E-state index in [1.54, 1.807) is 30.7 Å². The molecule has 0 bridgehead atoms. The molecule has 0 atom stereocenters. The van der Waals surface area contributed by atoms with E-state index in [1.165, 1.54) is 7.11 Å². The van der Waals surface area contributed by atoms with Gasteiger partial charge in [-0.15, -0.1) is 0 Å². The van der Waals surface area contributed by atoms with E-state index < -0.39 is 0 Å². The van der Waals surface area contributed by atoms with Gasteiger partial charge in [0.25, 0.3) is 0 Å². The van der Waals surface area contributed by atoms with Gasteiger partial charge >= 0.3 is 5.97 Å². The summed E-state index contributed by atoms with van der Waals surface area (Å²) in [6, 6.07) is 7.05. The van der Waals surface area contributed by atoms with Crippen LogP contribution in [0.25, 0.3) is 0 Å². The fourth-order valence-corrected chi connectivity index (χ4v) is 3.04. The van der Waals surface area contributed by atoms with Crippen molar-refractivity contribution in [1.29, 1.82) is 0 Å². The highest BCUT2D eigenvalue weighted by Crippen LogP contribution is 2.21. The second-order valence-electron chi connectivity index (χ2n) is 6.23. The van der Waals surface area contributed by atoms with Gasteiger partial charge in [-0.1, -0.05) is 12.1 Å². The molecule has 0 saturated carbocycles. The number of nitrogens with zero attached hydrogens (tertiary/aromatic N) is 3. The van der Waals surface area contributed by atoms with Crippen LogP contribution in [0.2, 0.25) is 0 Å². The summed E-state index contributed by atoms with van der Waals surface area (Å²) >= 11 is 0. The maximum Gasteiger partial charge on any atom is 0.337 e. The van der Waals surface area contributed by atoms with Gasteiger partial charge in [-0.05, 0) is 30.5 Å². The number of piperidine rings is 1. The minimum atomic E-state index is -0.365. The summed E-state index contributed by atoms with van der Waals surface area (Å²) in [5.41, 5.74) is 1.45. The fraction of sp³-hybridized carbons (Fsp3) is 0.368. The first-order valence-corrected chi connectivity index (χ1v) is 8.63. The van der Waals surface area contributed by atoms with Gasteiger partial charge in [-0.3, -0.25) is 9.78 Å². The summed E-state index contributed by atoms with van der Waals surface area (Å²) in [5.74, 6) is 0.575. The van der Waals surface area contributed by atoms with E-state index in [0.717, 1.165) is 37.3 Å². The number of methoxy groups -OCH3 is 1. The lowest BCUT2D eigenvalue weighted by Crippen LogP contribution is -2.40. The van der Waals surface area contributed by atoms with Crippen LogP contribution in [0.3, 0.4) is 0 Å². The molecule has 1 aromatic heterocycles. The predicted octanol–water partition coefficient (Wildman–Crippen LogP) is 1.80. The van der Waals surface area contributed by atoms with E-state index >= 15 is 0 Å². The van der Waals surface area contributed by atoms with Crippen molar-refractivity contribution < 1.29 is 14.3 Å². The topological polar surface area (TPSA) is 84.4 Å². The van der Waals surface area contributed by atoms with Crippen molar-refractivity contribution in [1.82, 2.24) is 15.3 Å². The van der Waals surface area contributed by atoms with Crippen molar-refractivity contribution in [2.45, 2.75) is 19.4 Å². The summed E-state index contributed by atoms with van der Waals surface area (Å²) in [4.78, 5) is 34.4. The molecule has 1 aromatic carbocycles. The first-order chi connectivity index (χ1) is 12.7. The van der Waals surface area contributed by atoms with Crippen molar-refractivity contribution in [3.8, 4) is 0 Å². The molecule has 1 aliphatic heterocycles. The molecule has 0 spiro atoms. The molecule has 1 fully saturated rings. The number of anilines is 1. The van der Waals surface area contributed by atoms with E-state index in [2.05, 4.69) is 24.9 Å². The molecule has 0 radical (unpaired) electrons. The quantitative estimate of drug-likeness (QED) is 0.824. The SMILES string of the molecule is COC(=O)c1ccc(CNC(=O)C2CCN(c3cnccn3)CC2)cc1. The summed E-state index contributed by atoms with van der Waals surface area (Å²) in [6.45, 7) is 2.04. The number of ether oxygens (including phenoxy) is 1. The zero-order valence-corrected chi connectivity index (χ0v) is 14.7. The zero-order valence-electron chi connectivity index (χ0n) is 14.7. The first-order valence-electron chi connectivity index (χ1n) is 8.63. The number of hydrogen-bond donors (Lipinski definition) is 1. The highest BCUT2D eigenvalue weighted by Gasteiger charge is 2.25. The van der Waals surface area contributed by atoms with Gasteiger partial charge in [0.2, 0.25) is 5.91 Å². The Kier molecular flexibility index (Phi) is 5.78. The zero-order chi connectivity index (χ0) is 18.4. The first kappa shape index (κ1) is 17.8. The van der Waals surface area contributed by atoms with Crippen LogP contribution in [-0.4, -0.2) is 42.0 Å². The molecular formula is C19H22N4O3. The van der Waals surface area contributed by atoms with Crippen LogP contribution in [0, 0.1) is 5.92 Å². The van der Waals surface area contributed by atoms with E-state index in [-0.39, 0.29) is 17.8 Å². The highest BCUT2D eigenvalue weighted by molar-refractivity contribution is 5.89. The molecule has 1 aliphatic rings. The number of amides is 1. The van der Waals surface area contributed by atoms with Gasteiger partial charge in [-0.25, -0.2) is 9.78 Å². The van der Waals surface area contributed by atoms with Gasteiger partial charge in [0.05, 0.1) is 18.9 Å². The summed E-state index contributed by atoms with van der Waals surface area (Å²) < 4.78 is 4.67. The number of esters is 1. The molecule has 2 heterocycles. The highest BCUT2D eigenvalue weighted by atomic mass is 16.5. The number of benzene rings is 1. The van der Waals surface area contributed by atoms with Gasteiger partial charge in [0.15, 0.2) is 0 Å². The Bertz CT molecular complexity index is 741. The monoisotopic (exact) mass is 354 g/mol. The van der Waals surface area contributed by atoms with Crippen LogP contribution in [0.4, 0.5) is 5.82 Å². The molecule has 136 valence electrons. The summed E-state index contributed by atoms with van der Waals surface area (Å²) in [6.07, 6.45) is 6.67. The van der Waals surface area contributed by atoms with E-state index in [0.29, 0.717) is 12.1 Å². The van der Waals surface area contributed by atoms with Crippen LogP contribution in [0.15, 0.2) is 42.9 Å². The Hall–Kier alpha value is -2.96. The molecule has 0 aliphatic carbocycles. The van der Waals surface area contributed by atoms with Crippen LogP contribution in [-0.2, 0) is 16.1 Å². The van der Waals surface area contributed by atoms with Gasteiger partial charge < -0.3 is 15.0 Å². The van der Waals surface area contributed by atoms with E-state index in [9.17, 15) is 9.59 Å². The molecule has 26 heavy (non-hydrogen) atoms. The standard InChI is InChI=1S/C19H22N4O3/c1-26-19(25)16-4-2-14(3-5-16)12-22-18(24)15-6-10-23(11-7-15)17-13-20-8-9-21-17/h2-5,8-9,13,15H,6-7,10-12H2,1H3,(H,22,24). The molecular weight excluding hydrogens is 332 g/mol. The summed E-state index contributed by atoms with van der Waals surface area (Å²) in [5, 5.41) is 2.98. The van der Waals surface area contributed by atoms with Crippen LogP contribution in [0.1, 0.15) is 28.8 Å². The van der Waals surface area contributed by atoms with Crippen LogP contribution in [0.5, 0.6) is 0 Å². The van der Waals surface area contributed by atoms with Crippen LogP contribution >= 0.6 is 0 Å². The van der Waals surface area contributed by atoms with Crippen molar-refractivity contribution in [2.75, 3.05) is 25.1 Å². The molecule has 0 unspecified atom stereocenters. The minimum Gasteiger partial charge on any atom is -0.465 e. The third kappa shape index (κ3) is 4.36. The maximum atomic E-state index is 12.4. The van der Waals surface area contributed by atoms with E-state index in [1.807, 2.05) is 12.1 Å². The lowest BCUT2D eigenvalue weighted by atomic mass is 9.96. The number of carbonyl (C=O) groups is 2. The summed E-state index contributed by atoms with van der Waals surface area (Å²) in [7, 11) is 1.35. The smallest absolute Gasteiger partial charge is 0.337 e. The third-order valence-electron chi connectivity index (χ3n) is 4.58. The van der Waals surface area contributed by atoms with Crippen molar-refractivity contribution >= 4 is 17.7 Å². The molecule has 3 rings (SSSR count). The second-order valence-corrected chi connectivity index (χ2v) is 6.23. The average Bonchev–Trinajstić information content (AvgIpc) is 2.72. The minimum absolute atomic E-state index is 0.0114. The van der Waals surface area contributed by atoms with Gasteiger partial charge in [0.1, 0.15) is 5.82 Å². The molecule has 1 N–H and O–H groups in total. The Labute approximate surface area is 152 Å². The second kappa shape index (κ2) is 8.42. The van der Waals surface area contributed by atoms with Crippen molar-refractivity contribution in [3.05, 3.63) is 54.0 Å². The Morgan fingerprint density at radius 3 is 2.54 bits per heavy atom. The molecule has 1 amide bonds. The number of carbonyl (C=O) groups excluding carboxylic acids is 2. The van der Waals surface area contributed by atoms with Gasteiger partial charge in [-0.2, -0.15) is 0 Å². The lowest BCUT2D eigenvalue weighted by Gasteiger charge is -2.31. The molecule has 7 heteroatoms. The van der Waals surface area contributed by atoms with E-state index in [4.69, 9.17) is 0 Å². The van der Waals surface area contributed by atoms with Crippen LogP contribution < -0.4 is 10.2 Å². The Balaban J connectivity index is 1.46. The molecule has 1 saturated heterocycles. The number of nitrogens with one attached hydrogen (secondary N) is 1. The largest absolute Gasteiger partial charge is 0.465 e. The maximum absolute atomic E-state index is 12.4. The number of aromatic nitrogens is 2. The fourth-order valence-electron chi connectivity index (χ4n) is 3.04.